The maximum atomic E-state index is 13.2. The Bertz CT molecular complexity index is 1010. The van der Waals surface area contributed by atoms with Crippen LogP contribution in [0.4, 0.5) is 19.1 Å². The first-order valence-electron chi connectivity index (χ1n) is 8.85. The average Bonchev–Trinajstić information content (AvgIpc) is 3.33. The monoisotopic (exact) mass is 392 g/mol. The Morgan fingerprint density at radius 2 is 1.93 bits per heavy atom. The smallest absolute Gasteiger partial charge is 0.327 e. The van der Waals surface area contributed by atoms with Crippen molar-refractivity contribution < 1.29 is 13.2 Å². The van der Waals surface area contributed by atoms with Gasteiger partial charge in [0.15, 0.2) is 17.3 Å². The summed E-state index contributed by atoms with van der Waals surface area (Å²) in [7, 11) is 1.64. The summed E-state index contributed by atoms with van der Waals surface area (Å²) >= 11 is 0. The van der Waals surface area contributed by atoms with Gasteiger partial charge in [-0.3, -0.25) is 4.98 Å². The Morgan fingerprint density at radius 3 is 2.64 bits per heavy atom. The standard InChI is InChI=1S/C17H19F3N8/c1-10-9-21-11(2)15-22-13(24-28(10)15)6-7-14-23-16(25-26(14)3)27-8-4-5-12(27)17(18,19)20/h6-7,9,12H,4-5,8H2,1-3H3. The molecule has 0 amide bonds. The molecule has 3 aromatic rings. The summed E-state index contributed by atoms with van der Waals surface area (Å²) in [5.41, 5.74) is 2.26. The Balaban J connectivity index is 1.61. The van der Waals surface area contributed by atoms with E-state index in [2.05, 4.69) is 25.1 Å². The molecule has 0 aliphatic carbocycles. The second-order valence-electron chi connectivity index (χ2n) is 6.81. The second kappa shape index (κ2) is 6.57. The number of halogens is 3. The largest absolute Gasteiger partial charge is 0.408 e. The summed E-state index contributed by atoms with van der Waals surface area (Å²) < 4.78 is 42.7. The molecule has 4 heterocycles. The van der Waals surface area contributed by atoms with Crippen LogP contribution in [0.1, 0.15) is 35.9 Å². The summed E-state index contributed by atoms with van der Waals surface area (Å²) in [6, 6.07) is -1.54. The molecule has 1 fully saturated rings. The van der Waals surface area contributed by atoms with Crippen LogP contribution in [-0.4, -0.2) is 53.1 Å². The Morgan fingerprint density at radius 1 is 1.14 bits per heavy atom. The summed E-state index contributed by atoms with van der Waals surface area (Å²) in [5.74, 6) is 0.965. The normalized spacial score (nSPS) is 18.1. The predicted octanol–water partition coefficient (Wildman–Crippen LogP) is 2.57. The maximum absolute atomic E-state index is 13.2. The van der Waals surface area contributed by atoms with Crippen molar-refractivity contribution in [2.24, 2.45) is 7.05 Å². The molecule has 1 aliphatic rings. The van der Waals surface area contributed by atoms with Crippen molar-refractivity contribution in [3.8, 4) is 0 Å². The number of aryl methyl sites for hydroxylation is 3. The van der Waals surface area contributed by atoms with Crippen LogP contribution in [-0.2, 0) is 7.05 Å². The van der Waals surface area contributed by atoms with E-state index in [-0.39, 0.29) is 18.9 Å². The van der Waals surface area contributed by atoms with Crippen LogP contribution in [0.2, 0.25) is 0 Å². The van der Waals surface area contributed by atoms with Crippen molar-refractivity contribution >= 4 is 23.7 Å². The first-order chi connectivity index (χ1) is 13.2. The Labute approximate surface area is 158 Å². The fourth-order valence-electron chi connectivity index (χ4n) is 3.33. The molecule has 4 rings (SSSR count). The van der Waals surface area contributed by atoms with E-state index in [0.717, 1.165) is 11.4 Å². The highest BCUT2D eigenvalue weighted by Gasteiger charge is 2.47. The molecule has 0 N–H and O–H groups in total. The lowest BCUT2D eigenvalue weighted by Gasteiger charge is -2.25. The second-order valence-corrected chi connectivity index (χ2v) is 6.81. The molecule has 1 saturated heterocycles. The van der Waals surface area contributed by atoms with Gasteiger partial charge in [0.05, 0.1) is 11.4 Å². The molecular formula is C17H19F3N8. The van der Waals surface area contributed by atoms with Gasteiger partial charge in [0.25, 0.3) is 0 Å². The Hall–Kier alpha value is -2.98. The van der Waals surface area contributed by atoms with Crippen LogP contribution in [0.5, 0.6) is 0 Å². The summed E-state index contributed by atoms with van der Waals surface area (Å²) in [6.45, 7) is 4.01. The number of anilines is 1. The third kappa shape index (κ3) is 3.20. The number of alkyl halides is 3. The van der Waals surface area contributed by atoms with Gasteiger partial charge >= 0.3 is 6.18 Å². The molecule has 148 valence electrons. The molecule has 0 saturated carbocycles. The zero-order valence-corrected chi connectivity index (χ0v) is 15.6. The van der Waals surface area contributed by atoms with Gasteiger partial charge in [-0.2, -0.15) is 18.2 Å². The van der Waals surface area contributed by atoms with E-state index in [0.29, 0.717) is 23.7 Å². The van der Waals surface area contributed by atoms with Crippen molar-refractivity contribution in [3.63, 3.8) is 0 Å². The fourth-order valence-corrected chi connectivity index (χ4v) is 3.33. The van der Waals surface area contributed by atoms with Crippen LogP contribution in [0, 0.1) is 13.8 Å². The maximum Gasteiger partial charge on any atom is 0.408 e. The third-order valence-electron chi connectivity index (χ3n) is 4.78. The zero-order chi connectivity index (χ0) is 20.1. The average molecular weight is 392 g/mol. The molecule has 0 bridgehead atoms. The number of nitrogens with zero attached hydrogens (tertiary/aromatic N) is 8. The molecule has 11 heteroatoms. The SMILES string of the molecule is Cc1ncc(C)n2nc(C=Cc3nc(N4CCCC4C(F)(F)F)nn3C)nc12. The van der Waals surface area contributed by atoms with Crippen molar-refractivity contribution in [2.45, 2.75) is 38.9 Å². The summed E-state index contributed by atoms with van der Waals surface area (Å²) in [4.78, 5) is 14.2. The van der Waals surface area contributed by atoms with Crippen LogP contribution in [0.15, 0.2) is 6.20 Å². The molecule has 3 aromatic heterocycles. The number of rotatable bonds is 3. The zero-order valence-electron chi connectivity index (χ0n) is 15.6. The summed E-state index contributed by atoms with van der Waals surface area (Å²) in [6.07, 6.45) is 1.24. The first kappa shape index (κ1) is 18.4. The third-order valence-corrected chi connectivity index (χ3v) is 4.78. The number of hydrogen-bond acceptors (Lipinski definition) is 6. The van der Waals surface area contributed by atoms with E-state index in [1.165, 1.54) is 9.58 Å². The molecule has 1 unspecified atom stereocenters. The van der Waals surface area contributed by atoms with Crippen molar-refractivity contribution in [3.05, 3.63) is 29.2 Å². The van der Waals surface area contributed by atoms with Gasteiger partial charge in [-0.05, 0) is 38.8 Å². The fraction of sp³-hybridized carbons (Fsp3) is 0.471. The predicted molar refractivity (Wildman–Crippen MR) is 96.6 cm³/mol. The molecule has 1 aliphatic heterocycles. The number of aromatic nitrogens is 7. The van der Waals surface area contributed by atoms with Gasteiger partial charge in [-0.25, -0.2) is 14.2 Å². The molecule has 0 aromatic carbocycles. The highest BCUT2D eigenvalue weighted by molar-refractivity contribution is 5.65. The molecule has 8 nitrogen and oxygen atoms in total. The molecule has 0 radical (unpaired) electrons. The van der Waals surface area contributed by atoms with E-state index >= 15 is 0 Å². The minimum atomic E-state index is -4.30. The van der Waals surface area contributed by atoms with E-state index in [1.54, 1.807) is 29.9 Å². The van der Waals surface area contributed by atoms with E-state index in [4.69, 9.17) is 0 Å². The van der Waals surface area contributed by atoms with Gasteiger partial charge in [-0.1, -0.05) is 0 Å². The van der Waals surface area contributed by atoms with Crippen LogP contribution in [0.25, 0.3) is 17.8 Å². The molecule has 28 heavy (non-hydrogen) atoms. The summed E-state index contributed by atoms with van der Waals surface area (Å²) in [5, 5.41) is 8.57. The quantitative estimate of drug-likeness (QED) is 0.682. The molecular weight excluding hydrogens is 373 g/mol. The van der Waals surface area contributed by atoms with Gasteiger partial charge in [-0.15, -0.1) is 10.2 Å². The van der Waals surface area contributed by atoms with E-state index in [1.807, 2.05) is 13.8 Å². The van der Waals surface area contributed by atoms with Crippen LogP contribution in [0.3, 0.4) is 0 Å². The van der Waals surface area contributed by atoms with Crippen LogP contribution >= 0.6 is 0 Å². The number of fused-ring (bicyclic) bond motifs is 1. The van der Waals surface area contributed by atoms with Crippen molar-refractivity contribution in [1.82, 2.24) is 34.3 Å². The number of hydrogen-bond donors (Lipinski definition) is 0. The highest BCUT2D eigenvalue weighted by Crippen LogP contribution is 2.34. The van der Waals surface area contributed by atoms with Gasteiger partial charge in [0.2, 0.25) is 5.95 Å². The topological polar surface area (TPSA) is 77.0 Å². The lowest BCUT2D eigenvalue weighted by atomic mass is 10.2. The van der Waals surface area contributed by atoms with E-state index < -0.39 is 12.2 Å². The van der Waals surface area contributed by atoms with Crippen molar-refractivity contribution in [1.29, 1.82) is 0 Å². The highest BCUT2D eigenvalue weighted by atomic mass is 19.4. The minimum absolute atomic E-state index is 0.0603. The van der Waals surface area contributed by atoms with Crippen molar-refractivity contribution in [2.75, 3.05) is 11.4 Å². The van der Waals surface area contributed by atoms with Gasteiger partial charge in [0, 0.05) is 19.8 Å². The lowest BCUT2D eigenvalue weighted by Crippen LogP contribution is -2.41. The molecule has 0 spiro atoms. The molecule has 1 atom stereocenters. The van der Waals surface area contributed by atoms with Crippen LogP contribution < -0.4 is 4.90 Å². The lowest BCUT2D eigenvalue weighted by molar-refractivity contribution is -0.146. The van der Waals surface area contributed by atoms with Gasteiger partial charge < -0.3 is 4.90 Å². The first-order valence-corrected chi connectivity index (χ1v) is 8.85. The van der Waals surface area contributed by atoms with E-state index in [9.17, 15) is 13.2 Å². The van der Waals surface area contributed by atoms with Gasteiger partial charge in [0.1, 0.15) is 6.04 Å². The minimum Gasteiger partial charge on any atom is -0.327 e. The Kier molecular flexibility index (Phi) is 4.31.